The van der Waals surface area contributed by atoms with Gasteiger partial charge in [0, 0.05) is 23.9 Å². The molecule has 1 aliphatic heterocycles. The van der Waals surface area contributed by atoms with Gasteiger partial charge in [-0.05, 0) is 38.5 Å². The number of ether oxygens (including phenoxy) is 1. The third kappa shape index (κ3) is 2.98. The van der Waals surface area contributed by atoms with Gasteiger partial charge in [0.1, 0.15) is 0 Å². The summed E-state index contributed by atoms with van der Waals surface area (Å²) in [5.41, 5.74) is 0.0631. The minimum atomic E-state index is 0.0631. The van der Waals surface area contributed by atoms with Crippen molar-refractivity contribution in [1.82, 2.24) is 5.32 Å². The van der Waals surface area contributed by atoms with Crippen molar-refractivity contribution in [2.75, 3.05) is 11.9 Å². The van der Waals surface area contributed by atoms with Crippen molar-refractivity contribution in [3.05, 3.63) is 0 Å². The van der Waals surface area contributed by atoms with Crippen molar-refractivity contribution in [3.8, 4) is 0 Å². The van der Waals surface area contributed by atoms with Crippen molar-refractivity contribution in [2.24, 2.45) is 0 Å². The first-order valence-corrected chi connectivity index (χ1v) is 7.35. The van der Waals surface area contributed by atoms with Crippen LogP contribution in [0, 0.1) is 0 Å². The summed E-state index contributed by atoms with van der Waals surface area (Å²) >= 11 is 3.49. The Balaban J connectivity index is 1.67. The molecule has 1 saturated carbocycles. The minimum Gasteiger partial charge on any atom is -0.378 e. The van der Waals surface area contributed by atoms with Crippen LogP contribution in [0.25, 0.3) is 0 Å². The maximum Gasteiger partial charge on any atom is 0.220 e. The number of nitrogens with one attached hydrogen (secondary N) is 1. The molecule has 0 aromatic carbocycles. The predicted molar refractivity (Wildman–Crippen MR) is 66.7 cm³/mol. The van der Waals surface area contributed by atoms with E-state index in [9.17, 15) is 4.79 Å². The molecule has 1 amide bonds. The fourth-order valence-corrected chi connectivity index (χ4v) is 3.12. The average molecular weight is 290 g/mol. The SMILES string of the molecule is O=C(CCC1CCCO1)NC1(CBr)CCC1. The van der Waals surface area contributed by atoms with E-state index in [0.717, 1.165) is 44.0 Å². The number of carbonyl (C=O) groups excluding carboxylic acids is 1. The Bertz CT molecular complexity index is 242. The molecular formula is C12H20BrNO2. The van der Waals surface area contributed by atoms with E-state index in [1.54, 1.807) is 0 Å². The van der Waals surface area contributed by atoms with Crippen LogP contribution in [0.1, 0.15) is 44.9 Å². The van der Waals surface area contributed by atoms with Crippen LogP contribution in [0.4, 0.5) is 0 Å². The van der Waals surface area contributed by atoms with E-state index in [0.29, 0.717) is 12.5 Å². The molecule has 1 N–H and O–H groups in total. The zero-order chi connectivity index (χ0) is 11.4. The summed E-state index contributed by atoms with van der Waals surface area (Å²) in [6.07, 6.45) is 7.55. The first kappa shape index (κ1) is 12.4. The Hall–Kier alpha value is -0.0900. The highest BCUT2D eigenvalue weighted by Crippen LogP contribution is 2.33. The van der Waals surface area contributed by atoms with E-state index in [1.165, 1.54) is 6.42 Å². The summed E-state index contributed by atoms with van der Waals surface area (Å²) in [6.45, 7) is 0.873. The van der Waals surface area contributed by atoms with Gasteiger partial charge >= 0.3 is 0 Å². The van der Waals surface area contributed by atoms with Crippen molar-refractivity contribution in [3.63, 3.8) is 0 Å². The average Bonchev–Trinajstić information content (AvgIpc) is 2.73. The monoisotopic (exact) mass is 289 g/mol. The largest absolute Gasteiger partial charge is 0.378 e. The van der Waals surface area contributed by atoms with Gasteiger partial charge in [-0.3, -0.25) is 4.79 Å². The molecule has 0 radical (unpaired) electrons. The topological polar surface area (TPSA) is 38.3 Å². The van der Waals surface area contributed by atoms with Crippen LogP contribution in [0.2, 0.25) is 0 Å². The Labute approximate surface area is 105 Å². The van der Waals surface area contributed by atoms with Gasteiger partial charge in [-0.25, -0.2) is 0 Å². The Morgan fingerprint density at radius 1 is 1.44 bits per heavy atom. The molecule has 0 aromatic rings. The highest BCUT2D eigenvalue weighted by molar-refractivity contribution is 9.09. The molecule has 4 heteroatoms. The first-order valence-electron chi connectivity index (χ1n) is 6.23. The Morgan fingerprint density at radius 3 is 2.75 bits per heavy atom. The number of hydrogen-bond acceptors (Lipinski definition) is 2. The molecule has 0 aromatic heterocycles. The molecule has 3 nitrogen and oxygen atoms in total. The summed E-state index contributed by atoms with van der Waals surface area (Å²) in [4.78, 5) is 11.8. The first-order chi connectivity index (χ1) is 7.74. The standard InChI is InChI=1S/C12H20BrNO2/c13-9-12(6-2-7-12)14-11(15)5-4-10-3-1-8-16-10/h10H,1-9H2,(H,14,15). The molecule has 1 heterocycles. The zero-order valence-corrected chi connectivity index (χ0v) is 11.2. The highest BCUT2D eigenvalue weighted by atomic mass is 79.9. The maximum atomic E-state index is 11.8. The van der Waals surface area contributed by atoms with Crippen molar-refractivity contribution < 1.29 is 9.53 Å². The van der Waals surface area contributed by atoms with E-state index in [1.807, 2.05) is 0 Å². The van der Waals surface area contributed by atoms with Crippen molar-refractivity contribution in [2.45, 2.75) is 56.6 Å². The van der Waals surface area contributed by atoms with Gasteiger partial charge in [-0.15, -0.1) is 0 Å². The van der Waals surface area contributed by atoms with Gasteiger partial charge in [0.05, 0.1) is 6.10 Å². The molecule has 1 unspecified atom stereocenters. The van der Waals surface area contributed by atoms with Gasteiger partial charge in [0.25, 0.3) is 0 Å². The van der Waals surface area contributed by atoms with E-state index >= 15 is 0 Å². The van der Waals surface area contributed by atoms with Gasteiger partial charge in [0.15, 0.2) is 0 Å². The van der Waals surface area contributed by atoms with Gasteiger partial charge in [-0.2, -0.15) is 0 Å². The van der Waals surface area contributed by atoms with Crippen molar-refractivity contribution in [1.29, 1.82) is 0 Å². The fraction of sp³-hybridized carbons (Fsp3) is 0.917. The van der Waals surface area contributed by atoms with Crippen LogP contribution in [0.5, 0.6) is 0 Å². The lowest BCUT2D eigenvalue weighted by atomic mass is 9.78. The van der Waals surface area contributed by atoms with Crippen molar-refractivity contribution >= 4 is 21.8 Å². The third-order valence-corrected chi connectivity index (χ3v) is 4.76. The lowest BCUT2D eigenvalue weighted by molar-refractivity contribution is -0.124. The lowest BCUT2D eigenvalue weighted by Crippen LogP contribution is -2.54. The molecule has 2 fully saturated rings. The summed E-state index contributed by atoms with van der Waals surface area (Å²) in [5, 5.41) is 4.04. The summed E-state index contributed by atoms with van der Waals surface area (Å²) in [5.74, 6) is 0.189. The smallest absolute Gasteiger partial charge is 0.220 e. The Morgan fingerprint density at radius 2 is 2.25 bits per heavy atom. The predicted octanol–water partition coefficient (Wildman–Crippen LogP) is 2.38. The Kier molecular flexibility index (Phi) is 4.25. The second-order valence-corrected chi connectivity index (χ2v) is 5.55. The second-order valence-electron chi connectivity index (χ2n) is 4.99. The van der Waals surface area contributed by atoms with Crippen LogP contribution in [0.3, 0.4) is 0 Å². The van der Waals surface area contributed by atoms with E-state index in [-0.39, 0.29) is 11.4 Å². The summed E-state index contributed by atoms with van der Waals surface area (Å²) in [6, 6.07) is 0. The zero-order valence-electron chi connectivity index (χ0n) is 9.64. The van der Waals surface area contributed by atoms with Crippen LogP contribution in [-0.2, 0) is 9.53 Å². The van der Waals surface area contributed by atoms with Crippen LogP contribution in [-0.4, -0.2) is 29.5 Å². The number of halogens is 1. The normalized spacial score (nSPS) is 27.4. The molecule has 2 rings (SSSR count). The molecule has 1 atom stereocenters. The van der Waals surface area contributed by atoms with Gasteiger partial charge < -0.3 is 10.1 Å². The number of amides is 1. The highest BCUT2D eigenvalue weighted by Gasteiger charge is 2.37. The molecule has 1 saturated heterocycles. The lowest BCUT2D eigenvalue weighted by Gasteiger charge is -2.41. The number of hydrogen-bond donors (Lipinski definition) is 1. The second kappa shape index (κ2) is 5.50. The molecule has 16 heavy (non-hydrogen) atoms. The van der Waals surface area contributed by atoms with Crippen LogP contribution in [0.15, 0.2) is 0 Å². The number of alkyl halides is 1. The summed E-state index contributed by atoms with van der Waals surface area (Å²) in [7, 11) is 0. The van der Waals surface area contributed by atoms with Gasteiger partial charge in [0.2, 0.25) is 5.91 Å². The van der Waals surface area contributed by atoms with E-state index in [2.05, 4.69) is 21.2 Å². The number of rotatable bonds is 5. The number of carbonyl (C=O) groups is 1. The molecular weight excluding hydrogens is 270 g/mol. The molecule has 0 bridgehead atoms. The molecule has 2 aliphatic rings. The molecule has 0 spiro atoms. The van der Waals surface area contributed by atoms with Crippen LogP contribution < -0.4 is 5.32 Å². The van der Waals surface area contributed by atoms with Crippen LogP contribution >= 0.6 is 15.9 Å². The summed E-state index contributed by atoms with van der Waals surface area (Å²) < 4.78 is 5.51. The quantitative estimate of drug-likeness (QED) is 0.789. The molecule has 1 aliphatic carbocycles. The van der Waals surface area contributed by atoms with E-state index in [4.69, 9.17) is 4.74 Å². The minimum absolute atomic E-state index is 0.0631. The third-order valence-electron chi connectivity index (χ3n) is 3.69. The van der Waals surface area contributed by atoms with E-state index < -0.39 is 0 Å². The van der Waals surface area contributed by atoms with Gasteiger partial charge in [-0.1, -0.05) is 15.9 Å². The maximum absolute atomic E-state index is 11.8. The fourth-order valence-electron chi connectivity index (χ4n) is 2.42. The molecule has 92 valence electrons.